The van der Waals surface area contributed by atoms with E-state index in [1.54, 1.807) is 7.11 Å². The van der Waals surface area contributed by atoms with Gasteiger partial charge in [0.15, 0.2) is 0 Å². The van der Waals surface area contributed by atoms with Crippen LogP contribution in [-0.4, -0.2) is 19.4 Å². The maximum atomic E-state index is 5.42. The number of ether oxygens (including phenoxy) is 1. The molecule has 74 valence electrons. The topological polar surface area (TPSA) is 30.8 Å². The summed E-state index contributed by atoms with van der Waals surface area (Å²) in [6.07, 6.45) is 0.990. The molecule has 0 saturated heterocycles. The van der Waals surface area contributed by atoms with Gasteiger partial charge in [0.25, 0.3) is 0 Å². The smallest absolute Gasteiger partial charge is 0.122 e. The van der Waals surface area contributed by atoms with Crippen molar-refractivity contribution in [1.29, 1.82) is 0 Å². The fourth-order valence-corrected chi connectivity index (χ4v) is 1.60. The summed E-state index contributed by atoms with van der Waals surface area (Å²) in [5.74, 6) is 0.999. The van der Waals surface area contributed by atoms with Crippen LogP contribution in [0.15, 0.2) is 23.4 Å². The molecular weight excluding hydrogens is 178 g/mol. The van der Waals surface area contributed by atoms with Crippen molar-refractivity contribution in [3.05, 3.63) is 29.3 Å². The number of fused-ring (bicyclic) bond motifs is 1. The van der Waals surface area contributed by atoms with E-state index in [9.17, 15) is 0 Å². The number of oxime groups is 1. The van der Waals surface area contributed by atoms with Crippen LogP contribution in [0.5, 0.6) is 5.75 Å². The van der Waals surface area contributed by atoms with Crippen LogP contribution in [0.1, 0.15) is 18.1 Å². The average molecular weight is 191 g/mol. The molecule has 1 aliphatic heterocycles. The summed E-state index contributed by atoms with van der Waals surface area (Å²) < 4.78 is 5.42. The van der Waals surface area contributed by atoms with Crippen molar-refractivity contribution in [2.75, 3.05) is 13.7 Å². The molecular formula is C11H13NO2. The highest BCUT2D eigenvalue weighted by Crippen LogP contribution is 2.25. The van der Waals surface area contributed by atoms with Gasteiger partial charge in [-0.3, -0.25) is 0 Å². The van der Waals surface area contributed by atoms with E-state index in [-0.39, 0.29) is 0 Å². The molecule has 0 N–H and O–H groups in total. The Morgan fingerprint density at radius 3 is 3.14 bits per heavy atom. The van der Waals surface area contributed by atoms with Gasteiger partial charge in [0.05, 0.1) is 12.3 Å². The summed E-state index contributed by atoms with van der Waals surface area (Å²) in [7, 11) is 1.56. The number of hydrogen-bond acceptors (Lipinski definition) is 3. The van der Waals surface area contributed by atoms with Gasteiger partial charge < -0.3 is 9.57 Å². The quantitative estimate of drug-likeness (QED) is 0.528. The minimum atomic E-state index is 0.791. The molecule has 0 fully saturated rings. The standard InChI is InChI=1S/C11H13NO2/c1-8(12-13-2)9-3-4-11-10(7-9)5-6-14-11/h3-4,7H,5-6H2,1-2H3/b12-8-. The van der Waals surface area contributed by atoms with Gasteiger partial charge in [0, 0.05) is 6.42 Å². The molecule has 1 aromatic carbocycles. The Morgan fingerprint density at radius 2 is 2.36 bits per heavy atom. The maximum Gasteiger partial charge on any atom is 0.122 e. The summed E-state index contributed by atoms with van der Waals surface area (Å²) in [5.41, 5.74) is 3.24. The molecule has 0 unspecified atom stereocenters. The van der Waals surface area contributed by atoms with E-state index in [2.05, 4.69) is 11.2 Å². The number of nitrogens with zero attached hydrogens (tertiary/aromatic N) is 1. The fraction of sp³-hybridized carbons (Fsp3) is 0.364. The Hall–Kier alpha value is -1.51. The van der Waals surface area contributed by atoms with Crippen LogP contribution >= 0.6 is 0 Å². The van der Waals surface area contributed by atoms with Crippen LogP contribution in [-0.2, 0) is 11.3 Å². The van der Waals surface area contributed by atoms with Gasteiger partial charge >= 0.3 is 0 Å². The van der Waals surface area contributed by atoms with Gasteiger partial charge in [-0.15, -0.1) is 0 Å². The summed E-state index contributed by atoms with van der Waals surface area (Å²) in [6.45, 7) is 2.72. The second kappa shape index (κ2) is 3.70. The van der Waals surface area contributed by atoms with Crippen molar-refractivity contribution in [3.63, 3.8) is 0 Å². The Morgan fingerprint density at radius 1 is 1.50 bits per heavy atom. The Balaban J connectivity index is 2.33. The monoisotopic (exact) mass is 191 g/mol. The lowest BCUT2D eigenvalue weighted by Gasteiger charge is -2.02. The molecule has 1 aromatic rings. The maximum absolute atomic E-state index is 5.42. The van der Waals surface area contributed by atoms with E-state index in [1.165, 1.54) is 5.56 Å². The fourth-order valence-electron chi connectivity index (χ4n) is 1.60. The first kappa shape index (κ1) is 9.06. The first-order valence-electron chi connectivity index (χ1n) is 4.65. The molecule has 0 aliphatic carbocycles. The molecule has 3 nitrogen and oxygen atoms in total. The number of benzene rings is 1. The molecule has 0 saturated carbocycles. The predicted molar refractivity (Wildman–Crippen MR) is 54.9 cm³/mol. The third kappa shape index (κ3) is 1.58. The third-order valence-corrected chi connectivity index (χ3v) is 2.34. The van der Waals surface area contributed by atoms with Gasteiger partial charge in [0.1, 0.15) is 12.9 Å². The normalized spacial score (nSPS) is 14.9. The van der Waals surface area contributed by atoms with E-state index >= 15 is 0 Å². The molecule has 1 aliphatic rings. The predicted octanol–water partition coefficient (Wildman–Crippen LogP) is 1.99. The van der Waals surface area contributed by atoms with Gasteiger partial charge in [-0.2, -0.15) is 0 Å². The minimum absolute atomic E-state index is 0.791. The summed E-state index contributed by atoms with van der Waals surface area (Å²) in [6, 6.07) is 6.11. The van der Waals surface area contributed by atoms with Crippen LogP contribution in [0.2, 0.25) is 0 Å². The minimum Gasteiger partial charge on any atom is -0.493 e. The van der Waals surface area contributed by atoms with E-state index in [1.807, 2.05) is 19.1 Å². The molecule has 2 rings (SSSR count). The van der Waals surface area contributed by atoms with Crippen molar-refractivity contribution in [1.82, 2.24) is 0 Å². The Kier molecular flexibility index (Phi) is 2.39. The van der Waals surface area contributed by atoms with Crippen LogP contribution in [0.4, 0.5) is 0 Å². The number of rotatable bonds is 2. The number of hydrogen-bond donors (Lipinski definition) is 0. The first-order chi connectivity index (χ1) is 6.81. The van der Waals surface area contributed by atoms with Gasteiger partial charge in [0.2, 0.25) is 0 Å². The molecule has 1 heterocycles. The third-order valence-electron chi connectivity index (χ3n) is 2.34. The second-order valence-electron chi connectivity index (χ2n) is 3.28. The molecule has 3 heteroatoms. The van der Waals surface area contributed by atoms with Crippen molar-refractivity contribution in [3.8, 4) is 5.75 Å². The Bertz CT molecular complexity index is 372. The van der Waals surface area contributed by atoms with Crippen LogP contribution in [0.3, 0.4) is 0 Å². The molecule has 0 bridgehead atoms. The molecule has 0 aromatic heterocycles. The Labute approximate surface area is 83.3 Å². The van der Waals surface area contributed by atoms with Crippen LogP contribution < -0.4 is 4.74 Å². The summed E-state index contributed by atoms with van der Waals surface area (Å²) in [4.78, 5) is 4.73. The van der Waals surface area contributed by atoms with Gasteiger partial charge in [-0.05, 0) is 36.2 Å². The SMILES string of the molecule is CO/N=C(/C)c1ccc2c(c1)CCO2. The zero-order valence-electron chi connectivity index (χ0n) is 8.41. The molecule has 0 spiro atoms. The average Bonchev–Trinajstić information content (AvgIpc) is 2.64. The van der Waals surface area contributed by atoms with Gasteiger partial charge in [-0.1, -0.05) is 5.16 Å². The lowest BCUT2D eigenvalue weighted by molar-refractivity contribution is 0.213. The first-order valence-corrected chi connectivity index (χ1v) is 4.65. The van der Waals surface area contributed by atoms with Crippen molar-refractivity contribution >= 4 is 5.71 Å². The van der Waals surface area contributed by atoms with Crippen molar-refractivity contribution in [2.45, 2.75) is 13.3 Å². The van der Waals surface area contributed by atoms with E-state index in [0.29, 0.717) is 0 Å². The van der Waals surface area contributed by atoms with Crippen molar-refractivity contribution < 1.29 is 9.57 Å². The van der Waals surface area contributed by atoms with E-state index in [4.69, 9.17) is 9.57 Å². The largest absolute Gasteiger partial charge is 0.493 e. The molecule has 0 radical (unpaired) electrons. The van der Waals surface area contributed by atoms with Crippen LogP contribution in [0, 0.1) is 0 Å². The van der Waals surface area contributed by atoms with Gasteiger partial charge in [-0.25, -0.2) is 0 Å². The molecule has 0 amide bonds. The van der Waals surface area contributed by atoms with Crippen molar-refractivity contribution in [2.24, 2.45) is 5.16 Å². The zero-order chi connectivity index (χ0) is 9.97. The highest BCUT2D eigenvalue weighted by atomic mass is 16.6. The van der Waals surface area contributed by atoms with Crippen LogP contribution in [0.25, 0.3) is 0 Å². The highest BCUT2D eigenvalue weighted by molar-refractivity contribution is 5.98. The molecule has 14 heavy (non-hydrogen) atoms. The zero-order valence-corrected chi connectivity index (χ0v) is 8.41. The highest BCUT2D eigenvalue weighted by Gasteiger charge is 2.12. The second-order valence-corrected chi connectivity index (χ2v) is 3.28. The van der Waals surface area contributed by atoms with E-state index in [0.717, 1.165) is 30.1 Å². The summed E-state index contributed by atoms with van der Waals surface area (Å²) in [5, 5.41) is 3.90. The lowest BCUT2D eigenvalue weighted by Crippen LogP contribution is -1.95. The molecule has 0 atom stereocenters. The lowest BCUT2D eigenvalue weighted by atomic mass is 10.1. The summed E-state index contributed by atoms with van der Waals surface area (Å²) >= 11 is 0. The van der Waals surface area contributed by atoms with E-state index < -0.39 is 0 Å².